The van der Waals surface area contributed by atoms with Crippen LogP contribution in [0.2, 0.25) is 5.02 Å². The number of hydrogen-bond donors (Lipinski definition) is 2. The Morgan fingerprint density at radius 2 is 1.90 bits per heavy atom. The topological polar surface area (TPSA) is 119 Å². The molecule has 0 aliphatic carbocycles. The second kappa shape index (κ2) is 9.03. The number of rotatable bonds is 6. The molecule has 0 spiro atoms. The molecule has 1 aliphatic heterocycles. The van der Waals surface area contributed by atoms with Gasteiger partial charge in [0.15, 0.2) is 0 Å². The third-order valence-electron chi connectivity index (χ3n) is 4.94. The van der Waals surface area contributed by atoms with Crippen LogP contribution in [-0.4, -0.2) is 44.7 Å². The first-order valence-electron chi connectivity index (χ1n) is 9.27. The minimum absolute atomic E-state index is 0.0272. The van der Waals surface area contributed by atoms with Gasteiger partial charge in [0.2, 0.25) is 21.8 Å². The number of anilines is 1. The highest BCUT2D eigenvalue weighted by molar-refractivity contribution is 7.89. The van der Waals surface area contributed by atoms with Gasteiger partial charge in [0.1, 0.15) is 10.6 Å². The zero-order valence-corrected chi connectivity index (χ0v) is 17.9. The number of carbonyl (C=O) groups is 2. The molecule has 160 valence electrons. The molecule has 8 nitrogen and oxygen atoms in total. The second-order valence-corrected chi connectivity index (χ2v) is 9.27. The maximum Gasteiger partial charge on any atom is 0.248 e. The Hall–Kier alpha value is -2.62. The van der Waals surface area contributed by atoms with Gasteiger partial charge in [-0.25, -0.2) is 8.42 Å². The Labute approximate surface area is 180 Å². The molecule has 30 heavy (non-hydrogen) atoms. The molecule has 0 bridgehead atoms. The largest absolute Gasteiger partial charge is 0.495 e. The molecule has 0 saturated carbocycles. The van der Waals surface area contributed by atoms with Gasteiger partial charge in [-0.15, -0.1) is 0 Å². The van der Waals surface area contributed by atoms with E-state index >= 15 is 0 Å². The first-order chi connectivity index (χ1) is 14.2. The number of methoxy groups -OCH3 is 1. The van der Waals surface area contributed by atoms with Crippen LogP contribution in [0.25, 0.3) is 0 Å². The third kappa shape index (κ3) is 4.75. The molecule has 2 aromatic rings. The molecule has 0 aromatic heterocycles. The number of benzene rings is 2. The van der Waals surface area contributed by atoms with E-state index in [0.29, 0.717) is 30.6 Å². The molecule has 3 rings (SSSR count). The summed E-state index contributed by atoms with van der Waals surface area (Å²) in [6.07, 6.45) is 1.10. The SMILES string of the molecule is COc1ccc(Cl)cc1S(=O)(=O)N1CCC[C@H](C(=O)Nc2ccc(C(N)=O)cc2)C1. The van der Waals surface area contributed by atoms with Crippen LogP contribution in [0.5, 0.6) is 5.75 Å². The maximum atomic E-state index is 13.2. The molecule has 2 aromatic carbocycles. The minimum Gasteiger partial charge on any atom is -0.495 e. The van der Waals surface area contributed by atoms with Crippen LogP contribution in [0, 0.1) is 5.92 Å². The zero-order chi connectivity index (χ0) is 21.9. The Morgan fingerprint density at radius 1 is 1.20 bits per heavy atom. The van der Waals surface area contributed by atoms with Crippen LogP contribution in [-0.2, 0) is 14.8 Å². The zero-order valence-electron chi connectivity index (χ0n) is 16.3. The molecule has 0 unspecified atom stereocenters. The fourth-order valence-corrected chi connectivity index (χ4v) is 5.27. The highest BCUT2D eigenvalue weighted by Crippen LogP contribution is 2.32. The highest BCUT2D eigenvalue weighted by Gasteiger charge is 2.35. The van der Waals surface area contributed by atoms with E-state index < -0.39 is 21.8 Å². The average Bonchev–Trinajstić information content (AvgIpc) is 2.74. The third-order valence-corrected chi connectivity index (χ3v) is 7.06. The Kier molecular flexibility index (Phi) is 6.64. The van der Waals surface area contributed by atoms with Crippen molar-refractivity contribution in [2.75, 3.05) is 25.5 Å². The molecule has 1 fully saturated rings. The molecule has 1 heterocycles. The smallest absolute Gasteiger partial charge is 0.248 e. The summed E-state index contributed by atoms with van der Waals surface area (Å²) in [6.45, 7) is 0.346. The molecule has 1 aliphatic rings. The predicted octanol–water partition coefficient (Wildman–Crippen LogP) is 2.49. The number of amides is 2. The number of carbonyl (C=O) groups excluding carboxylic acids is 2. The van der Waals surface area contributed by atoms with Gasteiger partial charge >= 0.3 is 0 Å². The molecule has 1 atom stereocenters. The predicted molar refractivity (Wildman–Crippen MR) is 113 cm³/mol. The number of piperidine rings is 1. The molecule has 2 amide bonds. The van der Waals surface area contributed by atoms with Crippen LogP contribution in [0.3, 0.4) is 0 Å². The Bertz CT molecular complexity index is 1060. The van der Waals surface area contributed by atoms with Crippen molar-refractivity contribution in [2.24, 2.45) is 11.7 Å². The first kappa shape index (κ1) is 22.1. The maximum absolute atomic E-state index is 13.2. The van der Waals surface area contributed by atoms with E-state index in [4.69, 9.17) is 22.1 Å². The standard InChI is InChI=1S/C20H22ClN3O5S/c1-29-17-9-6-15(21)11-18(17)30(27,28)24-10-2-3-14(12-24)20(26)23-16-7-4-13(5-8-16)19(22)25/h4-9,11,14H,2-3,10,12H2,1H3,(H2,22,25)(H,23,26)/t14-/m0/s1. The minimum atomic E-state index is -3.89. The van der Waals surface area contributed by atoms with Gasteiger partial charge < -0.3 is 15.8 Å². The van der Waals surface area contributed by atoms with Crippen molar-refractivity contribution in [3.8, 4) is 5.75 Å². The van der Waals surface area contributed by atoms with E-state index in [-0.39, 0.29) is 28.1 Å². The number of hydrogen-bond acceptors (Lipinski definition) is 5. The summed E-state index contributed by atoms with van der Waals surface area (Å²) in [4.78, 5) is 23.8. The van der Waals surface area contributed by atoms with Crippen molar-refractivity contribution in [2.45, 2.75) is 17.7 Å². The van der Waals surface area contributed by atoms with Gasteiger partial charge in [0.25, 0.3) is 0 Å². The Morgan fingerprint density at radius 3 is 2.53 bits per heavy atom. The van der Waals surface area contributed by atoms with Gasteiger partial charge in [-0.1, -0.05) is 11.6 Å². The molecular formula is C20H22ClN3O5S. The van der Waals surface area contributed by atoms with Gasteiger partial charge in [0, 0.05) is 29.4 Å². The molecule has 3 N–H and O–H groups in total. The van der Waals surface area contributed by atoms with Crippen molar-refractivity contribution >= 4 is 39.1 Å². The van der Waals surface area contributed by atoms with Crippen molar-refractivity contribution in [1.82, 2.24) is 4.31 Å². The number of nitrogens with one attached hydrogen (secondary N) is 1. The van der Waals surface area contributed by atoms with E-state index in [9.17, 15) is 18.0 Å². The number of ether oxygens (including phenoxy) is 1. The quantitative estimate of drug-likeness (QED) is 0.699. The number of nitrogens with zero attached hydrogens (tertiary/aromatic N) is 1. The van der Waals surface area contributed by atoms with Crippen molar-refractivity contribution in [3.63, 3.8) is 0 Å². The van der Waals surface area contributed by atoms with Gasteiger partial charge in [0.05, 0.1) is 13.0 Å². The monoisotopic (exact) mass is 451 g/mol. The number of nitrogens with two attached hydrogens (primary N) is 1. The first-order valence-corrected chi connectivity index (χ1v) is 11.1. The van der Waals surface area contributed by atoms with E-state index in [1.807, 2.05) is 0 Å². The van der Waals surface area contributed by atoms with Crippen LogP contribution >= 0.6 is 11.6 Å². The van der Waals surface area contributed by atoms with Crippen molar-refractivity contribution in [1.29, 1.82) is 0 Å². The average molecular weight is 452 g/mol. The van der Waals surface area contributed by atoms with Gasteiger partial charge in [-0.3, -0.25) is 9.59 Å². The fraction of sp³-hybridized carbons (Fsp3) is 0.300. The summed E-state index contributed by atoms with van der Waals surface area (Å²) in [5.74, 6) is -1.17. The summed E-state index contributed by atoms with van der Waals surface area (Å²) in [7, 11) is -2.50. The van der Waals surface area contributed by atoms with E-state index in [1.54, 1.807) is 18.2 Å². The van der Waals surface area contributed by atoms with Gasteiger partial charge in [-0.05, 0) is 55.3 Å². The fourth-order valence-electron chi connectivity index (χ4n) is 3.33. The summed E-state index contributed by atoms with van der Waals surface area (Å²) in [5.41, 5.74) is 6.04. The van der Waals surface area contributed by atoms with Gasteiger partial charge in [-0.2, -0.15) is 4.31 Å². The lowest BCUT2D eigenvalue weighted by atomic mass is 9.98. The van der Waals surface area contributed by atoms with Crippen LogP contribution in [0.15, 0.2) is 47.4 Å². The normalized spacial score (nSPS) is 17.3. The molecular weight excluding hydrogens is 430 g/mol. The lowest BCUT2D eigenvalue weighted by Crippen LogP contribution is -2.43. The summed E-state index contributed by atoms with van der Waals surface area (Å²) >= 11 is 5.99. The number of primary amides is 1. The van der Waals surface area contributed by atoms with Crippen molar-refractivity contribution < 1.29 is 22.7 Å². The highest BCUT2D eigenvalue weighted by atomic mass is 35.5. The summed E-state index contributed by atoms with van der Waals surface area (Å²) in [5, 5.41) is 3.04. The van der Waals surface area contributed by atoms with E-state index in [0.717, 1.165) is 0 Å². The second-order valence-electron chi connectivity index (χ2n) is 6.93. The summed E-state index contributed by atoms with van der Waals surface area (Å²) < 4.78 is 32.8. The molecule has 0 radical (unpaired) electrons. The van der Waals surface area contributed by atoms with E-state index in [2.05, 4.69) is 5.32 Å². The van der Waals surface area contributed by atoms with Crippen molar-refractivity contribution in [3.05, 3.63) is 53.1 Å². The lowest BCUT2D eigenvalue weighted by molar-refractivity contribution is -0.120. The van der Waals surface area contributed by atoms with Crippen LogP contribution < -0.4 is 15.8 Å². The lowest BCUT2D eigenvalue weighted by Gasteiger charge is -2.31. The summed E-state index contributed by atoms with van der Waals surface area (Å²) in [6, 6.07) is 10.6. The molecule has 10 heteroatoms. The van der Waals surface area contributed by atoms with Crippen LogP contribution in [0.1, 0.15) is 23.2 Å². The van der Waals surface area contributed by atoms with Crippen LogP contribution in [0.4, 0.5) is 5.69 Å². The number of sulfonamides is 1. The van der Waals surface area contributed by atoms with E-state index in [1.165, 1.54) is 35.7 Å². The number of halogens is 1. The Balaban J connectivity index is 1.75. The molecule has 1 saturated heterocycles.